The number of hydrogen-bond donors (Lipinski definition) is 1. The molecule has 0 radical (unpaired) electrons. The largest absolute Gasteiger partial charge is 0.330 e. The summed E-state index contributed by atoms with van der Waals surface area (Å²) in [6.45, 7) is 2.34. The zero-order valence-electron chi connectivity index (χ0n) is 10.1. The molecule has 0 heterocycles. The van der Waals surface area contributed by atoms with Gasteiger partial charge >= 0.3 is 0 Å². The van der Waals surface area contributed by atoms with Gasteiger partial charge in [-0.05, 0) is 55.5 Å². The Hall–Kier alpha value is -1.22. The zero-order valence-corrected chi connectivity index (χ0v) is 10.1. The Morgan fingerprint density at radius 1 is 1.47 bits per heavy atom. The van der Waals surface area contributed by atoms with E-state index in [0.29, 0.717) is 24.1 Å². The van der Waals surface area contributed by atoms with Crippen molar-refractivity contribution in [3.63, 3.8) is 0 Å². The van der Waals surface area contributed by atoms with Crippen LogP contribution >= 0.6 is 0 Å². The number of carbonyl (C=O) groups is 1. The zero-order chi connectivity index (χ0) is 12.5. The number of carbonyl (C=O) groups excluding carboxylic acids is 1. The molecule has 0 unspecified atom stereocenters. The van der Waals surface area contributed by atoms with Crippen LogP contribution in [-0.4, -0.2) is 12.3 Å². The third-order valence-corrected chi connectivity index (χ3v) is 3.87. The Bertz CT molecular complexity index is 432. The molecule has 2 nitrogen and oxygen atoms in total. The lowest BCUT2D eigenvalue weighted by Gasteiger charge is -2.40. The Kier molecular flexibility index (Phi) is 3.29. The van der Waals surface area contributed by atoms with Crippen LogP contribution in [0.5, 0.6) is 0 Å². The number of hydrogen-bond acceptors (Lipinski definition) is 2. The molecule has 0 aliphatic heterocycles. The fourth-order valence-electron chi connectivity index (χ4n) is 2.51. The van der Waals surface area contributed by atoms with E-state index >= 15 is 0 Å². The highest BCUT2D eigenvalue weighted by Crippen LogP contribution is 2.43. The summed E-state index contributed by atoms with van der Waals surface area (Å²) in [5.74, 6) is -0.205. The normalized spacial score (nSPS) is 17.6. The van der Waals surface area contributed by atoms with Crippen molar-refractivity contribution in [2.24, 2.45) is 11.1 Å². The van der Waals surface area contributed by atoms with Gasteiger partial charge in [0, 0.05) is 12.0 Å². The molecule has 2 N–H and O–H groups in total. The molecular formula is C14H18FNO. The Labute approximate surface area is 101 Å². The molecule has 1 fully saturated rings. The second-order valence-electron chi connectivity index (χ2n) is 5.12. The quantitative estimate of drug-likeness (QED) is 0.815. The molecule has 17 heavy (non-hydrogen) atoms. The highest BCUT2D eigenvalue weighted by Gasteiger charge is 2.37. The first kappa shape index (κ1) is 12.2. The van der Waals surface area contributed by atoms with Gasteiger partial charge < -0.3 is 5.73 Å². The van der Waals surface area contributed by atoms with Gasteiger partial charge in [0.05, 0.1) is 0 Å². The second kappa shape index (κ2) is 4.57. The number of nitrogens with two attached hydrogens (primary N) is 1. The maximum atomic E-state index is 13.0. The Balaban J connectivity index is 2.14. The molecule has 0 bridgehead atoms. The molecule has 0 saturated heterocycles. The van der Waals surface area contributed by atoms with Crippen LogP contribution in [0.1, 0.15) is 41.6 Å². The van der Waals surface area contributed by atoms with Crippen molar-refractivity contribution in [1.29, 1.82) is 0 Å². The highest BCUT2D eigenvalue weighted by atomic mass is 19.1. The van der Waals surface area contributed by atoms with Crippen LogP contribution < -0.4 is 5.73 Å². The molecule has 1 aliphatic rings. The monoisotopic (exact) mass is 235 g/mol. The molecule has 92 valence electrons. The Morgan fingerprint density at radius 3 is 2.65 bits per heavy atom. The van der Waals surface area contributed by atoms with Gasteiger partial charge in [0.25, 0.3) is 0 Å². The van der Waals surface area contributed by atoms with E-state index in [9.17, 15) is 9.18 Å². The van der Waals surface area contributed by atoms with Gasteiger partial charge in [0.2, 0.25) is 0 Å². The fraction of sp³-hybridized carbons (Fsp3) is 0.500. The van der Waals surface area contributed by atoms with Crippen LogP contribution in [0.25, 0.3) is 0 Å². The van der Waals surface area contributed by atoms with Crippen molar-refractivity contribution in [3.05, 3.63) is 35.1 Å². The minimum absolute atomic E-state index is 0.0118. The molecular weight excluding hydrogens is 217 g/mol. The SMILES string of the molecule is Cc1cc(F)ccc1C(=O)CC1(CN)CCC1. The first-order valence-corrected chi connectivity index (χ1v) is 6.06. The van der Waals surface area contributed by atoms with Crippen molar-refractivity contribution in [1.82, 2.24) is 0 Å². The van der Waals surface area contributed by atoms with E-state index in [1.165, 1.54) is 12.1 Å². The van der Waals surface area contributed by atoms with Crippen LogP contribution in [0.15, 0.2) is 18.2 Å². The van der Waals surface area contributed by atoms with Gasteiger partial charge in [-0.25, -0.2) is 4.39 Å². The topological polar surface area (TPSA) is 43.1 Å². The summed E-state index contributed by atoms with van der Waals surface area (Å²) in [6.07, 6.45) is 3.73. The number of aryl methyl sites for hydroxylation is 1. The van der Waals surface area contributed by atoms with Crippen molar-refractivity contribution >= 4 is 5.78 Å². The molecule has 1 aromatic carbocycles. The molecule has 0 amide bonds. The van der Waals surface area contributed by atoms with E-state index in [2.05, 4.69) is 0 Å². The van der Waals surface area contributed by atoms with Gasteiger partial charge in [-0.2, -0.15) is 0 Å². The number of rotatable bonds is 4. The number of ketones is 1. The first-order chi connectivity index (χ1) is 8.06. The summed E-state index contributed by atoms with van der Waals surface area (Å²) in [5.41, 5.74) is 7.10. The predicted octanol–water partition coefficient (Wildman–Crippen LogP) is 2.84. The lowest BCUT2D eigenvalue weighted by molar-refractivity contribution is 0.0785. The van der Waals surface area contributed by atoms with Crippen molar-refractivity contribution in [2.75, 3.05) is 6.54 Å². The fourth-order valence-corrected chi connectivity index (χ4v) is 2.51. The summed E-state index contributed by atoms with van der Waals surface area (Å²) in [7, 11) is 0. The number of Topliss-reactive ketones (excluding diaryl/α,β-unsaturated/α-hetero) is 1. The van der Waals surface area contributed by atoms with Crippen LogP contribution in [0.3, 0.4) is 0 Å². The molecule has 1 saturated carbocycles. The van der Waals surface area contributed by atoms with Gasteiger partial charge in [0.15, 0.2) is 5.78 Å². The molecule has 0 aromatic heterocycles. The van der Waals surface area contributed by atoms with E-state index in [1.54, 1.807) is 13.0 Å². The average Bonchev–Trinajstić information content (AvgIpc) is 2.23. The third-order valence-electron chi connectivity index (χ3n) is 3.87. The van der Waals surface area contributed by atoms with Gasteiger partial charge in [-0.15, -0.1) is 0 Å². The molecule has 0 spiro atoms. The van der Waals surface area contributed by atoms with Gasteiger partial charge in [-0.3, -0.25) is 4.79 Å². The van der Waals surface area contributed by atoms with Crippen LogP contribution in [-0.2, 0) is 0 Å². The lowest BCUT2D eigenvalue weighted by Crippen LogP contribution is -2.39. The summed E-state index contributed by atoms with van der Waals surface area (Å²) < 4.78 is 13.0. The molecule has 1 aliphatic carbocycles. The van der Waals surface area contributed by atoms with E-state index in [0.717, 1.165) is 19.3 Å². The first-order valence-electron chi connectivity index (χ1n) is 6.06. The second-order valence-corrected chi connectivity index (χ2v) is 5.12. The molecule has 0 atom stereocenters. The summed E-state index contributed by atoms with van der Waals surface area (Å²) in [6, 6.07) is 4.33. The third kappa shape index (κ3) is 2.39. The Morgan fingerprint density at radius 2 is 2.18 bits per heavy atom. The van der Waals surface area contributed by atoms with E-state index in [1.807, 2.05) is 0 Å². The van der Waals surface area contributed by atoms with Crippen LogP contribution in [0.4, 0.5) is 4.39 Å². The van der Waals surface area contributed by atoms with E-state index < -0.39 is 0 Å². The maximum absolute atomic E-state index is 13.0. The van der Waals surface area contributed by atoms with E-state index in [4.69, 9.17) is 5.73 Å². The van der Waals surface area contributed by atoms with Crippen molar-refractivity contribution < 1.29 is 9.18 Å². The average molecular weight is 235 g/mol. The van der Waals surface area contributed by atoms with Crippen molar-refractivity contribution in [3.8, 4) is 0 Å². The molecule has 2 rings (SSSR count). The van der Waals surface area contributed by atoms with Crippen molar-refractivity contribution in [2.45, 2.75) is 32.6 Å². The molecule has 3 heteroatoms. The van der Waals surface area contributed by atoms with Gasteiger partial charge in [0.1, 0.15) is 5.82 Å². The summed E-state index contributed by atoms with van der Waals surface area (Å²) in [5, 5.41) is 0. The van der Waals surface area contributed by atoms with Gasteiger partial charge in [-0.1, -0.05) is 6.42 Å². The maximum Gasteiger partial charge on any atom is 0.163 e. The van der Waals surface area contributed by atoms with Crippen LogP contribution in [0.2, 0.25) is 0 Å². The summed E-state index contributed by atoms with van der Waals surface area (Å²) in [4.78, 5) is 12.2. The smallest absolute Gasteiger partial charge is 0.163 e. The highest BCUT2D eigenvalue weighted by molar-refractivity contribution is 5.97. The van der Waals surface area contributed by atoms with Crippen LogP contribution in [0, 0.1) is 18.2 Å². The minimum atomic E-state index is -0.295. The standard InChI is InChI=1S/C14H18FNO/c1-10-7-11(15)3-4-12(10)13(17)8-14(9-16)5-2-6-14/h3-4,7H,2,5-6,8-9,16H2,1H3. The predicted molar refractivity (Wildman–Crippen MR) is 65.4 cm³/mol. The number of benzene rings is 1. The summed E-state index contributed by atoms with van der Waals surface area (Å²) >= 11 is 0. The lowest BCUT2D eigenvalue weighted by atomic mass is 9.65. The minimum Gasteiger partial charge on any atom is -0.330 e. The van der Waals surface area contributed by atoms with E-state index in [-0.39, 0.29) is 17.0 Å². The number of halogens is 1. The molecule has 1 aromatic rings.